The summed E-state index contributed by atoms with van der Waals surface area (Å²) >= 11 is 0. The molecule has 2 aromatic rings. The van der Waals surface area contributed by atoms with Gasteiger partial charge in [-0.1, -0.05) is 0 Å². The van der Waals surface area contributed by atoms with Gasteiger partial charge in [0.25, 0.3) is 5.91 Å². The molecule has 142 valence electrons. The van der Waals surface area contributed by atoms with Crippen LogP contribution in [0.5, 0.6) is 5.75 Å². The van der Waals surface area contributed by atoms with E-state index >= 15 is 0 Å². The number of rotatable bonds is 3. The van der Waals surface area contributed by atoms with Gasteiger partial charge in [-0.05, 0) is 36.8 Å². The fourth-order valence-corrected chi connectivity index (χ4v) is 3.67. The molecule has 1 unspecified atom stereocenters. The molecule has 8 heteroatoms. The molecule has 2 aliphatic heterocycles. The number of benzene rings is 1. The van der Waals surface area contributed by atoms with Crippen LogP contribution in [0.25, 0.3) is 11.3 Å². The second-order valence-corrected chi connectivity index (χ2v) is 7.09. The first-order valence-electron chi connectivity index (χ1n) is 8.87. The van der Waals surface area contributed by atoms with Crippen molar-refractivity contribution in [1.29, 1.82) is 0 Å². The molecule has 0 aliphatic carbocycles. The van der Waals surface area contributed by atoms with E-state index in [0.717, 1.165) is 17.7 Å². The summed E-state index contributed by atoms with van der Waals surface area (Å²) < 4.78 is 11.0. The predicted molar refractivity (Wildman–Crippen MR) is 97.4 cm³/mol. The van der Waals surface area contributed by atoms with Gasteiger partial charge in [0, 0.05) is 19.2 Å². The van der Waals surface area contributed by atoms with Gasteiger partial charge in [-0.25, -0.2) is 0 Å². The molecule has 3 heterocycles. The van der Waals surface area contributed by atoms with Crippen molar-refractivity contribution in [3.63, 3.8) is 0 Å². The van der Waals surface area contributed by atoms with Crippen molar-refractivity contribution in [2.24, 2.45) is 0 Å². The zero-order valence-corrected chi connectivity index (χ0v) is 15.4. The lowest BCUT2D eigenvalue weighted by molar-refractivity contribution is -0.158. The molecular formula is C19H22N4O4. The summed E-state index contributed by atoms with van der Waals surface area (Å²) in [6.45, 7) is 1.65. The predicted octanol–water partition coefficient (Wildman–Crippen LogP) is 1.16. The highest BCUT2D eigenvalue weighted by atomic mass is 16.5. The van der Waals surface area contributed by atoms with E-state index in [0.29, 0.717) is 31.0 Å². The number of aromatic amines is 1. The van der Waals surface area contributed by atoms with Crippen LogP contribution in [0.1, 0.15) is 16.9 Å². The molecule has 2 aliphatic rings. The summed E-state index contributed by atoms with van der Waals surface area (Å²) in [5.74, 6) is 0.634. The minimum Gasteiger partial charge on any atom is -0.497 e. The summed E-state index contributed by atoms with van der Waals surface area (Å²) in [4.78, 5) is 27.9. The van der Waals surface area contributed by atoms with E-state index < -0.39 is 5.60 Å². The molecule has 2 amide bonds. The average Bonchev–Trinajstić information content (AvgIpc) is 3.33. The molecule has 1 N–H and O–H groups in total. The van der Waals surface area contributed by atoms with E-state index in [-0.39, 0.29) is 18.4 Å². The maximum absolute atomic E-state index is 12.9. The Balaban J connectivity index is 1.46. The maximum Gasteiger partial charge on any atom is 0.271 e. The lowest BCUT2D eigenvalue weighted by Gasteiger charge is -2.38. The first kappa shape index (κ1) is 17.5. The number of hydrogen-bond acceptors (Lipinski definition) is 5. The molecule has 27 heavy (non-hydrogen) atoms. The second kappa shape index (κ2) is 6.70. The monoisotopic (exact) mass is 370 g/mol. The number of aromatic nitrogens is 2. The molecule has 0 radical (unpaired) electrons. The van der Waals surface area contributed by atoms with E-state index in [1.807, 2.05) is 24.3 Å². The van der Waals surface area contributed by atoms with Crippen LogP contribution in [0, 0.1) is 0 Å². The van der Waals surface area contributed by atoms with Crippen LogP contribution in [0.4, 0.5) is 0 Å². The number of likely N-dealkylation sites (N-methyl/N-ethyl adjacent to an activating group) is 1. The van der Waals surface area contributed by atoms with Crippen LogP contribution in [-0.4, -0.2) is 77.8 Å². The normalized spacial score (nSPS) is 22.5. The maximum atomic E-state index is 12.9. The van der Waals surface area contributed by atoms with E-state index in [9.17, 15) is 9.59 Å². The van der Waals surface area contributed by atoms with Crippen molar-refractivity contribution in [2.45, 2.75) is 12.0 Å². The smallest absolute Gasteiger partial charge is 0.271 e. The third kappa shape index (κ3) is 3.28. The Kier molecular flexibility index (Phi) is 4.35. The molecular weight excluding hydrogens is 348 g/mol. The Morgan fingerprint density at radius 2 is 2.07 bits per heavy atom. The van der Waals surface area contributed by atoms with Gasteiger partial charge in [0.15, 0.2) is 0 Å². The highest BCUT2D eigenvalue weighted by Gasteiger charge is 2.45. The van der Waals surface area contributed by atoms with Crippen LogP contribution in [0.2, 0.25) is 0 Å². The topological polar surface area (TPSA) is 87.8 Å². The zero-order chi connectivity index (χ0) is 19.0. The van der Waals surface area contributed by atoms with Crippen molar-refractivity contribution < 1.29 is 19.1 Å². The average molecular weight is 370 g/mol. The summed E-state index contributed by atoms with van der Waals surface area (Å²) in [7, 11) is 3.39. The Hall–Kier alpha value is -2.87. The zero-order valence-electron chi connectivity index (χ0n) is 15.4. The molecule has 2 fully saturated rings. The van der Waals surface area contributed by atoms with Crippen LogP contribution in [0.3, 0.4) is 0 Å². The number of nitrogens with zero attached hydrogens (tertiary/aromatic N) is 3. The van der Waals surface area contributed by atoms with Gasteiger partial charge in [0.05, 0.1) is 25.9 Å². The third-order valence-electron chi connectivity index (χ3n) is 5.25. The van der Waals surface area contributed by atoms with Crippen molar-refractivity contribution in [1.82, 2.24) is 20.0 Å². The number of carbonyl (C=O) groups excluding carboxylic acids is 2. The minimum absolute atomic E-state index is 0.0249. The van der Waals surface area contributed by atoms with Crippen molar-refractivity contribution >= 4 is 11.8 Å². The number of morpholine rings is 1. The van der Waals surface area contributed by atoms with Crippen LogP contribution in [-0.2, 0) is 9.53 Å². The number of carbonyl (C=O) groups is 2. The van der Waals surface area contributed by atoms with Crippen molar-refractivity contribution in [3.8, 4) is 17.0 Å². The molecule has 8 nitrogen and oxygen atoms in total. The summed E-state index contributed by atoms with van der Waals surface area (Å²) in [5.41, 5.74) is 1.59. The highest BCUT2D eigenvalue weighted by Crippen LogP contribution is 2.30. The molecule has 2 saturated heterocycles. The van der Waals surface area contributed by atoms with Gasteiger partial charge < -0.3 is 19.3 Å². The van der Waals surface area contributed by atoms with Crippen LogP contribution in [0.15, 0.2) is 30.3 Å². The number of likely N-dealkylation sites (tertiary alicyclic amines) is 1. The first-order valence-corrected chi connectivity index (χ1v) is 8.87. The van der Waals surface area contributed by atoms with Crippen LogP contribution >= 0.6 is 0 Å². The summed E-state index contributed by atoms with van der Waals surface area (Å²) in [5, 5.41) is 7.10. The minimum atomic E-state index is -0.461. The van der Waals surface area contributed by atoms with E-state index in [1.165, 1.54) is 0 Å². The number of methoxy groups -OCH3 is 1. The quantitative estimate of drug-likeness (QED) is 0.876. The number of H-pyrrole nitrogens is 1. The van der Waals surface area contributed by atoms with E-state index in [4.69, 9.17) is 9.47 Å². The molecule has 1 spiro atoms. The largest absolute Gasteiger partial charge is 0.497 e. The molecule has 1 aromatic carbocycles. The third-order valence-corrected chi connectivity index (χ3v) is 5.25. The Bertz CT molecular complexity index is 863. The fraction of sp³-hybridized carbons (Fsp3) is 0.421. The lowest BCUT2D eigenvalue weighted by atomic mass is 10.0. The summed E-state index contributed by atoms with van der Waals surface area (Å²) in [6.07, 6.45) is 0.718. The number of hydrogen-bond donors (Lipinski definition) is 1. The lowest BCUT2D eigenvalue weighted by Crippen LogP contribution is -2.54. The van der Waals surface area contributed by atoms with Gasteiger partial charge in [-0.3, -0.25) is 14.7 Å². The van der Waals surface area contributed by atoms with Crippen molar-refractivity contribution in [2.75, 3.05) is 40.4 Å². The van der Waals surface area contributed by atoms with Gasteiger partial charge in [0.1, 0.15) is 23.7 Å². The fourth-order valence-electron chi connectivity index (χ4n) is 3.67. The second-order valence-electron chi connectivity index (χ2n) is 7.09. The molecule has 1 aromatic heterocycles. The van der Waals surface area contributed by atoms with Crippen molar-refractivity contribution in [3.05, 3.63) is 36.0 Å². The highest BCUT2D eigenvalue weighted by molar-refractivity contribution is 5.93. The number of ether oxygens (including phenoxy) is 2. The number of nitrogens with one attached hydrogen (secondary N) is 1. The van der Waals surface area contributed by atoms with E-state index in [2.05, 4.69) is 10.2 Å². The van der Waals surface area contributed by atoms with Gasteiger partial charge in [0.2, 0.25) is 5.91 Å². The number of amides is 2. The van der Waals surface area contributed by atoms with Crippen LogP contribution < -0.4 is 4.74 Å². The first-order chi connectivity index (χ1) is 13.0. The standard InChI is InChI=1S/C19H22N4O4/c1-22-11-19(27-10-17(22)24)7-8-23(12-19)18(25)16-9-15(20-21-16)13-3-5-14(26-2)6-4-13/h3-6,9H,7-8,10-12H2,1-2H3,(H,20,21). The SMILES string of the molecule is COc1ccc(-c2cc(C(=O)N3CCC4(CN(C)C(=O)CO4)C3)[nH]n2)cc1. The molecule has 0 bridgehead atoms. The van der Waals surface area contributed by atoms with Gasteiger partial charge >= 0.3 is 0 Å². The summed E-state index contributed by atoms with van der Waals surface area (Å²) in [6, 6.07) is 9.27. The Morgan fingerprint density at radius 3 is 2.78 bits per heavy atom. The Labute approximate surface area is 157 Å². The molecule has 4 rings (SSSR count). The van der Waals surface area contributed by atoms with E-state index in [1.54, 1.807) is 30.0 Å². The molecule has 1 atom stereocenters. The van der Waals surface area contributed by atoms with Gasteiger partial charge in [-0.15, -0.1) is 0 Å². The Morgan fingerprint density at radius 1 is 1.30 bits per heavy atom. The van der Waals surface area contributed by atoms with Gasteiger partial charge in [-0.2, -0.15) is 5.10 Å². The molecule has 0 saturated carbocycles.